The molecule has 1 aromatic rings. The van der Waals surface area contributed by atoms with E-state index in [1.165, 1.54) is 0 Å². The summed E-state index contributed by atoms with van der Waals surface area (Å²) in [5.41, 5.74) is 7.73. The van der Waals surface area contributed by atoms with Crippen molar-refractivity contribution >= 4 is 11.6 Å². The van der Waals surface area contributed by atoms with E-state index in [0.29, 0.717) is 12.1 Å². The number of hydrogen-bond donors (Lipinski definition) is 2. The van der Waals surface area contributed by atoms with Gasteiger partial charge in [0.15, 0.2) is 0 Å². The summed E-state index contributed by atoms with van der Waals surface area (Å²) >= 11 is 0. The van der Waals surface area contributed by atoms with Crippen molar-refractivity contribution in [2.45, 2.75) is 58.3 Å². The molecule has 0 aromatic heterocycles. The van der Waals surface area contributed by atoms with Gasteiger partial charge in [0.2, 0.25) is 5.91 Å². The number of carbonyl (C=O) groups excluding carboxylic acids is 1. The summed E-state index contributed by atoms with van der Waals surface area (Å²) < 4.78 is 0. The van der Waals surface area contributed by atoms with E-state index in [9.17, 15) is 4.79 Å². The first-order chi connectivity index (χ1) is 9.47. The Labute approximate surface area is 121 Å². The Morgan fingerprint density at radius 3 is 2.65 bits per heavy atom. The van der Waals surface area contributed by atoms with Gasteiger partial charge in [-0.2, -0.15) is 0 Å². The third-order valence-electron chi connectivity index (χ3n) is 3.78. The Bertz CT molecular complexity index is 469. The van der Waals surface area contributed by atoms with E-state index in [1.807, 2.05) is 25.1 Å². The third kappa shape index (κ3) is 3.97. The van der Waals surface area contributed by atoms with Crippen LogP contribution in [0.3, 0.4) is 0 Å². The average molecular weight is 275 g/mol. The SMILES string of the molecule is CC(C)N(Cc1cccc(N)c1)C(C)C(=O)NC1CC1. The van der Waals surface area contributed by atoms with Crippen molar-refractivity contribution in [3.8, 4) is 0 Å². The van der Waals surface area contributed by atoms with E-state index in [0.717, 1.165) is 30.6 Å². The van der Waals surface area contributed by atoms with E-state index in [2.05, 4.69) is 30.1 Å². The normalized spacial score (nSPS) is 16.4. The minimum atomic E-state index is -0.128. The fourth-order valence-corrected chi connectivity index (χ4v) is 2.37. The first-order valence-corrected chi connectivity index (χ1v) is 7.38. The van der Waals surface area contributed by atoms with Gasteiger partial charge >= 0.3 is 0 Å². The molecule has 0 heterocycles. The molecule has 1 saturated carbocycles. The molecule has 1 aliphatic rings. The number of nitrogens with zero attached hydrogens (tertiary/aromatic N) is 1. The fourth-order valence-electron chi connectivity index (χ4n) is 2.37. The molecule has 1 aromatic carbocycles. The van der Waals surface area contributed by atoms with Crippen molar-refractivity contribution in [3.05, 3.63) is 29.8 Å². The highest BCUT2D eigenvalue weighted by molar-refractivity contribution is 5.81. The lowest BCUT2D eigenvalue weighted by atomic mass is 10.1. The molecule has 1 aliphatic carbocycles. The maximum Gasteiger partial charge on any atom is 0.237 e. The molecule has 1 amide bonds. The molecule has 0 bridgehead atoms. The average Bonchev–Trinajstić information content (AvgIpc) is 3.18. The highest BCUT2D eigenvalue weighted by Gasteiger charge is 2.29. The van der Waals surface area contributed by atoms with E-state index in [-0.39, 0.29) is 11.9 Å². The second kappa shape index (κ2) is 6.27. The summed E-state index contributed by atoms with van der Waals surface area (Å²) in [6.45, 7) is 6.95. The van der Waals surface area contributed by atoms with Crippen LogP contribution in [0.25, 0.3) is 0 Å². The molecule has 110 valence electrons. The summed E-state index contributed by atoms with van der Waals surface area (Å²) in [5, 5.41) is 3.08. The zero-order valence-corrected chi connectivity index (χ0v) is 12.6. The predicted molar refractivity (Wildman–Crippen MR) is 82.2 cm³/mol. The lowest BCUT2D eigenvalue weighted by Gasteiger charge is -2.32. The van der Waals surface area contributed by atoms with Crippen molar-refractivity contribution in [1.29, 1.82) is 0 Å². The van der Waals surface area contributed by atoms with Crippen LogP contribution >= 0.6 is 0 Å². The zero-order valence-electron chi connectivity index (χ0n) is 12.6. The van der Waals surface area contributed by atoms with Crippen molar-refractivity contribution in [2.75, 3.05) is 5.73 Å². The van der Waals surface area contributed by atoms with E-state index >= 15 is 0 Å². The number of carbonyl (C=O) groups is 1. The standard InChI is InChI=1S/C16H25N3O/c1-11(2)19(10-13-5-4-6-14(17)9-13)12(3)16(20)18-15-7-8-15/h4-6,9,11-12,15H,7-8,10,17H2,1-3H3,(H,18,20). The largest absolute Gasteiger partial charge is 0.399 e. The van der Waals surface area contributed by atoms with E-state index < -0.39 is 0 Å². The van der Waals surface area contributed by atoms with Crippen molar-refractivity contribution in [1.82, 2.24) is 10.2 Å². The van der Waals surface area contributed by atoms with Crippen molar-refractivity contribution in [3.63, 3.8) is 0 Å². The Balaban J connectivity index is 2.03. The highest BCUT2D eigenvalue weighted by atomic mass is 16.2. The minimum absolute atomic E-state index is 0.128. The summed E-state index contributed by atoms with van der Waals surface area (Å²) in [6.07, 6.45) is 2.24. The zero-order chi connectivity index (χ0) is 14.7. The molecule has 0 spiro atoms. The smallest absolute Gasteiger partial charge is 0.237 e. The number of amides is 1. The summed E-state index contributed by atoms with van der Waals surface area (Å²) in [5.74, 6) is 0.130. The van der Waals surface area contributed by atoms with Crippen LogP contribution in [-0.2, 0) is 11.3 Å². The number of nitrogens with one attached hydrogen (secondary N) is 1. The molecule has 2 rings (SSSR count). The fraction of sp³-hybridized carbons (Fsp3) is 0.562. The van der Waals surface area contributed by atoms with Gasteiger partial charge in [0.05, 0.1) is 6.04 Å². The van der Waals surface area contributed by atoms with Crippen LogP contribution in [0.1, 0.15) is 39.2 Å². The maximum atomic E-state index is 12.2. The molecule has 0 radical (unpaired) electrons. The second-order valence-electron chi connectivity index (χ2n) is 5.97. The molecule has 1 atom stereocenters. The lowest BCUT2D eigenvalue weighted by Crippen LogP contribution is -2.48. The molecular formula is C16H25N3O. The van der Waals surface area contributed by atoms with Gasteiger partial charge in [0.25, 0.3) is 0 Å². The van der Waals surface area contributed by atoms with Gasteiger partial charge < -0.3 is 11.1 Å². The molecule has 0 saturated heterocycles. The molecular weight excluding hydrogens is 250 g/mol. The quantitative estimate of drug-likeness (QED) is 0.782. The second-order valence-corrected chi connectivity index (χ2v) is 5.97. The van der Waals surface area contributed by atoms with Gasteiger partial charge in [-0.25, -0.2) is 0 Å². The molecule has 20 heavy (non-hydrogen) atoms. The van der Waals surface area contributed by atoms with Crippen molar-refractivity contribution in [2.24, 2.45) is 0 Å². The van der Waals surface area contributed by atoms with E-state index in [1.54, 1.807) is 0 Å². The molecule has 1 unspecified atom stereocenters. The van der Waals surface area contributed by atoms with Gasteiger partial charge in [-0.1, -0.05) is 12.1 Å². The van der Waals surface area contributed by atoms with Crippen LogP contribution in [0.2, 0.25) is 0 Å². The number of hydrogen-bond acceptors (Lipinski definition) is 3. The Morgan fingerprint density at radius 1 is 1.40 bits per heavy atom. The van der Waals surface area contributed by atoms with Crippen LogP contribution in [0.5, 0.6) is 0 Å². The number of anilines is 1. The molecule has 4 nitrogen and oxygen atoms in total. The highest BCUT2D eigenvalue weighted by Crippen LogP contribution is 2.20. The van der Waals surface area contributed by atoms with Crippen LogP contribution < -0.4 is 11.1 Å². The maximum absolute atomic E-state index is 12.2. The molecule has 0 aliphatic heterocycles. The van der Waals surface area contributed by atoms with Gasteiger partial charge in [-0.15, -0.1) is 0 Å². The minimum Gasteiger partial charge on any atom is -0.399 e. The third-order valence-corrected chi connectivity index (χ3v) is 3.78. The van der Waals surface area contributed by atoms with Gasteiger partial charge in [0, 0.05) is 24.3 Å². The van der Waals surface area contributed by atoms with Gasteiger partial charge in [-0.3, -0.25) is 9.69 Å². The Morgan fingerprint density at radius 2 is 2.10 bits per heavy atom. The van der Waals surface area contributed by atoms with Gasteiger partial charge in [0.1, 0.15) is 0 Å². The van der Waals surface area contributed by atoms with Crippen LogP contribution in [-0.4, -0.2) is 28.9 Å². The molecule has 4 heteroatoms. The predicted octanol–water partition coefficient (Wildman–Crippen LogP) is 2.15. The van der Waals surface area contributed by atoms with Crippen LogP contribution in [0.15, 0.2) is 24.3 Å². The molecule has 3 N–H and O–H groups in total. The monoisotopic (exact) mass is 275 g/mol. The molecule has 1 fully saturated rings. The Hall–Kier alpha value is -1.55. The first kappa shape index (κ1) is 14.9. The first-order valence-electron chi connectivity index (χ1n) is 7.38. The number of nitrogens with two attached hydrogens (primary N) is 1. The van der Waals surface area contributed by atoms with Crippen LogP contribution in [0.4, 0.5) is 5.69 Å². The lowest BCUT2D eigenvalue weighted by molar-refractivity contribution is -0.127. The number of rotatable bonds is 6. The topological polar surface area (TPSA) is 58.4 Å². The van der Waals surface area contributed by atoms with Crippen LogP contribution in [0, 0.1) is 0 Å². The summed E-state index contributed by atoms with van der Waals surface area (Å²) in [6, 6.07) is 8.45. The summed E-state index contributed by atoms with van der Waals surface area (Å²) in [7, 11) is 0. The van der Waals surface area contributed by atoms with E-state index in [4.69, 9.17) is 5.73 Å². The van der Waals surface area contributed by atoms with Gasteiger partial charge in [-0.05, 0) is 51.3 Å². The summed E-state index contributed by atoms with van der Waals surface area (Å²) in [4.78, 5) is 14.4. The Kier molecular flexibility index (Phi) is 4.65. The number of nitrogen functional groups attached to an aromatic ring is 1. The van der Waals surface area contributed by atoms with Crippen molar-refractivity contribution < 1.29 is 4.79 Å². The number of benzene rings is 1.